The van der Waals surface area contributed by atoms with Gasteiger partial charge in [-0.3, -0.25) is 9.69 Å². The van der Waals surface area contributed by atoms with E-state index in [9.17, 15) is 4.79 Å². The maximum absolute atomic E-state index is 11.9. The van der Waals surface area contributed by atoms with Gasteiger partial charge in [-0.15, -0.1) is 11.3 Å². The van der Waals surface area contributed by atoms with Crippen molar-refractivity contribution in [1.29, 1.82) is 0 Å². The van der Waals surface area contributed by atoms with Gasteiger partial charge < -0.3 is 5.32 Å². The summed E-state index contributed by atoms with van der Waals surface area (Å²) >= 11 is 1.65. The lowest BCUT2D eigenvalue weighted by Gasteiger charge is -2.14. The molecule has 24 heavy (non-hydrogen) atoms. The van der Waals surface area contributed by atoms with Crippen LogP contribution in [0.3, 0.4) is 0 Å². The number of carbonyl (C=O) groups is 1. The first kappa shape index (κ1) is 16.9. The fraction of sp³-hybridized carbons (Fsp3) is 0.350. The number of benzene rings is 1. The molecule has 3 rings (SSSR count). The Hall–Kier alpha value is -1.91. The summed E-state index contributed by atoms with van der Waals surface area (Å²) in [4.78, 5) is 15.5. The summed E-state index contributed by atoms with van der Waals surface area (Å²) < 4.78 is 0. The Bertz CT molecular complexity index is 697. The van der Waals surface area contributed by atoms with E-state index in [1.165, 1.54) is 37.1 Å². The van der Waals surface area contributed by atoms with Gasteiger partial charge in [-0.2, -0.15) is 0 Å². The third-order valence-corrected chi connectivity index (χ3v) is 5.37. The maximum Gasteiger partial charge on any atom is 0.244 e. The van der Waals surface area contributed by atoms with Crippen LogP contribution in [0.4, 0.5) is 0 Å². The lowest BCUT2D eigenvalue weighted by Crippen LogP contribution is -2.20. The summed E-state index contributed by atoms with van der Waals surface area (Å²) in [7, 11) is 0. The molecule has 0 atom stereocenters. The van der Waals surface area contributed by atoms with Crippen LogP contribution in [0.5, 0.6) is 0 Å². The monoisotopic (exact) mass is 340 g/mol. The zero-order chi connectivity index (χ0) is 16.8. The molecule has 126 valence electrons. The highest BCUT2D eigenvalue weighted by Gasteiger charge is 2.11. The van der Waals surface area contributed by atoms with Crippen LogP contribution in [0.25, 0.3) is 6.08 Å². The number of carbonyl (C=O) groups excluding carboxylic acids is 1. The summed E-state index contributed by atoms with van der Waals surface area (Å²) in [6, 6.07) is 10.6. The summed E-state index contributed by atoms with van der Waals surface area (Å²) in [5.74, 6) is -0.0519. The lowest BCUT2D eigenvalue weighted by atomic mass is 10.1. The molecule has 0 aliphatic carbocycles. The van der Waals surface area contributed by atoms with Crippen LogP contribution in [0.2, 0.25) is 0 Å². The van der Waals surface area contributed by atoms with Crippen molar-refractivity contribution in [3.05, 3.63) is 63.4 Å². The summed E-state index contributed by atoms with van der Waals surface area (Å²) in [5, 5.41) is 4.98. The first-order valence-corrected chi connectivity index (χ1v) is 9.39. The number of hydrogen-bond donors (Lipinski definition) is 1. The quantitative estimate of drug-likeness (QED) is 0.807. The van der Waals surface area contributed by atoms with E-state index in [4.69, 9.17) is 0 Å². The molecule has 1 aliphatic heterocycles. The van der Waals surface area contributed by atoms with Crippen molar-refractivity contribution in [2.45, 2.75) is 32.9 Å². The molecular formula is C20H24N2OS. The summed E-state index contributed by atoms with van der Waals surface area (Å²) in [6.07, 6.45) is 6.14. The van der Waals surface area contributed by atoms with E-state index >= 15 is 0 Å². The molecule has 0 bridgehead atoms. The standard InChI is InChI=1S/C20H24N2OS/c1-16-10-13-24-19(16)8-9-20(23)21-14-17-4-6-18(7-5-17)15-22-11-2-3-12-22/h4-10,13H,2-3,11-12,14-15H2,1H3,(H,21,23)/b9-8+. The Morgan fingerprint density at radius 1 is 1.17 bits per heavy atom. The van der Waals surface area contributed by atoms with Crippen LogP contribution in [0.15, 0.2) is 41.8 Å². The molecule has 0 radical (unpaired) electrons. The molecule has 2 aromatic rings. The van der Waals surface area contributed by atoms with Gasteiger partial charge in [-0.1, -0.05) is 24.3 Å². The van der Waals surface area contributed by atoms with Crippen LogP contribution in [0.1, 0.15) is 34.4 Å². The molecule has 2 heterocycles. The molecule has 3 nitrogen and oxygen atoms in total. The Morgan fingerprint density at radius 2 is 1.88 bits per heavy atom. The van der Waals surface area contributed by atoms with E-state index in [0.29, 0.717) is 6.54 Å². The van der Waals surface area contributed by atoms with Crippen molar-refractivity contribution in [1.82, 2.24) is 10.2 Å². The van der Waals surface area contributed by atoms with E-state index in [1.54, 1.807) is 17.4 Å². The molecule has 4 heteroatoms. The number of thiophene rings is 1. The largest absolute Gasteiger partial charge is 0.348 e. The summed E-state index contributed by atoms with van der Waals surface area (Å²) in [6.45, 7) is 6.09. The minimum atomic E-state index is -0.0519. The van der Waals surface area contributed by atoms with Crippen molar-refractivity contribution in [2.24, 2.45) is 0 Å². The smallest absolute Gasteiger partial charge is 0.244 e. The average Bonchev–Trinajstić information content (AvgIpc) is 3.24. The Morgan fingerprint density at radius 3 is 2.54 bits per heavy atom. The predicted octanol–water partition coefficient (Wildman–Crippen LogP) is 3.98. The molecule has 1 saturated heterocycles. The van der Waals surface area contributed by atoms with E-state index in [2.05, 4.69) is 47.5 Å². The number of nitrogens with one attached hydrogen (secondary N) is 1. The molecule has 1 amide bonds. The number of hydrogen-bond acceptors (Lipinski definition) is 3. The number of aryl methyl sites for hydroxylation is 1. The van der Waals surface area contributed by atoms with Crippen LogP contribution >= 0.6 is 11.3 Å². The van der Waals surface area contributed by atoms with E-state index in [-0.39, 0.29) is 5.91 Å². The second-order valence-electron chi connectivity index (χ2n) is 6.32. The molecule has 1 N–H and O–H groups in total. The Labute approximate surface area is 148 Å². The van der Waals surface area contributed by atoms with Crippen molar-refractivity contribution >= 4 is 23.3 Å². The van der Waals surface area contributed by atoms with Gasteiger partial charge in [-0.25, -0.2) is 0 Å². The normalized spacial score (nSPS) is 15.2. The highest BCUT2D eigenvalue weighted by molar-refractivity contribution is 7.11. The van der Waals surface area contributed by atoms with Crippen molar-refractivity contribution in [2.75, 3.05) is 13.1 Å². The maximum atomic E-state index is 11.9. The predicted molar refractivity (Wildman–Crippen MR) is 101 cm³/mol. The summed E-state index contributed by atoms with van der Waals surface area (Å²) in [5.41, 5.74) is 3.69. The lowest BCUT2D eigenvalue weighted by molar-refractivity contribution is -0.116. The third kappa shape index (κ3) is 4.79. The van der Waals surface area contributed by atoms with Crippen molar-refractivity contribution in [3.8, 4) is 0 Å². The minimum absolute atomic E-state index is 0.0519. The SMILES string of the molecule is Cc1ccsc1/C=C/C(=O)NCc1ccc(CN2CCCC2)cc1. The first-order valence-electron chi connectivity index (χ1n) is 8.51. The number of likely N-dealkylation sites (tertiary alicyclic amines) is 1. The van der Waals surface area contributed by atoms with Gasteiger partial charge in [0.1, 0.15) is 0 Å². The van der Waals surface area contributed by atoms with E-state index in [0.717, 1.165) is 17.0 Å². The second-order valence-corrected chi connectivity index (χ2v) is 7.27. The van der Waals surface area contributed by atoms with Gasteiger partial charge in [0.2, 0.25) is 5.91 Å². The zero-order valence-electron chi connectivity index (χ0n) is 14.1. The molecule has 1 aromatic heterocycles. The Balaban J connectivity index is 1.46. The van der Waals surface area contributed by atoms with E-state index in [1.807, 2.05) is 11.5 Å². The van der Waals surface area contributed by atoms with Crippen LogP contribution < -0.4 is 5.32 Å². The molecule has 1 aliphatic rings. The number of amides is 1. The van der Waals surface area contributed by atoms with Gasteiger partial charge in [0, 0.05) is 24.0 Å². The van der Waals surface area contributed by atoms with Gasteiger partial charge in [0.05, 0.1) is 0 Å². The van der Waals surface area contributed by atoms with Crippen molar-refractivity contribution < 1.29 is 4.79 Å². The molecule has 0 saturated carbocycles. The number of rotatable bonds is 6. The minimum Gasteiger partial charge on any atom is -0.348 e. The highest BCUT2D eigenvalue weighted by Crippen LogP contribution is 2.17. The van der Waals surface area contributed by atoms with Crippen LogP contribution in [-0.2, 0) is 17.9 Å². The number of nitrogens with zero attached hydrogens (tertiary/aromatic N) is 1. The van der Waals surface area contributed by atoms with E-state index < -0.39 is 0 Å². The fourth-order valence-corrected chi connectivity index (χ4v) is 3.74. The molecular weight excluding hydrogens is 316 g/mol. The first-order chi connectivity index (χ1) is 11.7. The van der Waals surface area contributed by atoms with Gasteiger partial charge >= 0.3 is 0 Å². The van der Waals surface area contributed by atoms with Gasteiger partial charge in [0.15, 0.2) is 0 Å². The molecule has 1 fully saturated rings. The topological polar surface area (TPSA) is 32.3 Å². The van der Waals surface area contributed by atoms with Gasteiger partial charge in [-0.05, 0) is 67.1 Å². The van der Waals surface area contributed by atoms with Crippen molar-refractivity contribution in [3.63, 3.8) is 0 Å². The van der Waals surface area contributed by atoms with Gasteiger partial charge in [0.25, 0.3) is 0 Å². The molecule has 1 aromatic carbocycles. The second kappa shape index (κ2) is 8.27. The van der Waals surface area contributed by atoms with Crippen LogP contribution in [-0.4, -0.2) is 23.9 Å². The average molecular weight is 340 g/mol. The third-order valence-electron chi connectivity index (χ3n) is 4.38. The highest BCUT2D eigenvalue weighted by atomic mass is 32.1. The zero-order valence-corrected chi connectivity index (χ0v) is 14.9. The molecule has 0 spiro atoms. The fourth-order valence-electron chi connectivity index (χ4n) is 2.92. The Kier molecular flexibility index (Phi) is 5.83. The van der Waals surface area contributed by atoms with Crippen LogP contribution in [0, 0.1) is 6.92 Å². The molecule has 0 unspecified atom stereocenters.